The lowest BCUT2D eigenvalue weighted by Crippen LogP contribution is -2.14. The van der Waals surface area contributed by atoms with Crippen LogP contribution >= 0.6 is 11.6 Å². The van der Waals surface area contributed by atoms with E-state index in [1.807, 2.05) is 24.4 Å². The van der Waals surface area contributed by atoms with Crippen molar-refractivity contribution in [2.75, 3.05) is 6.54 Å². The van der Waals surface area contributed by atoms with Gasteiger partial charge in [0.2, 0.25) is 0 Å². The molecule has 0 amide bonds. The number of nitrogens with zero attached hydrogens (tertiary/aromatic N) is 1. The Hall–Kier alpha value is -1.78. The van der Waals surface area contributed by atoms with Crippen LogP contribution in [0.1, 0.15) is 43.6 Å². The summed E-state index contributed by atoms with van der Waals surface area (Å²) in [6.45, 7) is 6.95. The molecule has 3 rings (SSSR count). The molecule has 0 aliphatic heterocycles. The number of aromatic amines is 2. The summed E-state index contributed by atoms with van der Waals surface area (Å²) in [5, 5.41) is 9.43. The number of halogens is 1. The number of aromatic nitrogens is 3. The Morgan fingerprint density at radius 1 is 1.27 bits per heavy atom. The van der Waals surface area contributed by atoms with Crippen LogP contribution in [-0.2, 0) is 5.41 Å². The van der Waals surface area contributed by atoms with E-state index in [4.69, 9.17) is 17.3 Å². The second kappa shape index (κ2) is 5.45. The lowest BCUT2D eigenvalue weighted by Gasteiger charge is -2.14. The van der Waals surface area contributed by atoms with Gasteiger partial charge < -0.3 is 10.7 Å². The van der Waals surface area contributed by atoms with Gasteiger partial charge in [0.05, 0.1) is 5.69 Å². The van der Waals surface area contributed by atoms with Crippen molar-refractivity contribution in [2.24, 2.45) is 5.73 Å². The molecule has 2 heterocycles. The van der Waals surface area contributed by atoms with Gasteiger partial charge in [-0.1, -0.05) is 32.4 Å². The number of hydrogen-bond acceptors (Lipinski definition) is 2. The largest absolute Gasteiger partial charge is 0.361 e. The molecule has 0 bridgehead atoms. The summed E-state index contributed by atoms with van der Waals surface area (Å²) in [7, 11) is 0. The quantitative estimate of drug-likeness (QED) is 0.685. The van der Waals surface area contributed by atoms with Crippen molar-refractivity contribution in [3.05, 3.63) is 52.4 Å². The number of rotatable bonds is 3. The molecule has 1 atom stereocenters. The van der Waals surface area contributed by atoms with Crippen LogP contribution in [0.3, 0.4) is 0 Å². The predicted molar refractivity (Wildman–Crippen MR) is 91.5 cm³/mol. The maximum Gasteiger partial charge on any atom is 0.0678 e. The molecule has 116 valence electrons. The summed E-state index contributed by atoms with van der Waals surface area (Å²) in [4.78, 5) is 3.29. The number of H-pyrrole nitrogens is 2. The van der Waals surface area contributed by atoms with Gasteiger partial charge in [0, 0.05) is 45.7 Å². The van der Waals surface area contributed by atoms with Gasteiger partial charge in [-0.2, -0.15) is 5.10 Å². The third-order valence-electron chi connectivity index (χ3n) is 4.03. The third kappa shape index (κ3) is 2.64. The van der Waals surface area contributed by atoms with Crippen LogP contribution in [0, 0.1) is 0 Å². The van der Waals surface area contributed by atoms with E-state index >= 15 is 0 Å². The fourth-order valence-corrected chi connectivity index (χ4v) is 2.90. The summed E-state index contributed by atoms with van der Waals surface area (Å²) >= 11 is 6.14. The number of fused-ring (bicyclic) bond motifs is 1. The van der Waals surface area contributed by atoms with Crippen LogP contribution in [0.4, 0.5) is 0 Å². The first-order valence-corrected chi connectivity index (χ1v) is 7.80. The van der Waals surface area contributed by atoms with E-state index in [1.54, 1.807) is 0 Å². The number of nitrogens with one attached hydrogen (secondary N) is 2. The molecule has 1 unspecified atom stereocenters. The molecule has 22 heavy (non-hydrogen) atoms. The van der Waals surface area contributed by atoms with E-state index in [2.05, 4.69) is 42.0 Å². The summed E-state index contributed by atoms with van der Waals surface area (Å²) in [5.74, 6) is 0.0656. The van der Waals surface area contributed by atoms with Crippen LogP contribution in [-0.4, -0.2) is 21.7 Å². The van der Waals surface area contributed by atoms with Gasteiger partial charge in [0.25, 0.3) is 0 Å². The summed E-state index contributed by atoms with van der Waals surface area (Å²) in [6.07, 6.45) is 2.01. The Morgan fingerprint density at radius 3 is 2.68 bits per heavy atom. The van der Waals surface area contributed by atoms with Gasteiger partial charge in [-0.05, 0) is 29.8 Å². The maximum absolute atomic E-state index is 6.14. The van der Waals surface area contributed by atoms with E-state index in [9.17, 15) is 0 Å². The number of hydrogen-bond donors (Lipinski definition) is 3. The minimum absolute atomic E-state index is 0.0113. The molecule has 0 aliphatic carbocycles. The van der Waals surface area contributed by atoms with Crippen molar-refractivity contribution < 1.29 is 0 Å². The fourth-order valence-electron chi connectivity index (χ4n) is 2.72. The van der Waals surface area contributed by atoms with Crippen LogP contribution in [0.2, 0.25) is 5.02 Å². The van der Waals surface area contributed by atoms with Gasteiger partial charge in [-0.25, -0.2) is 0 Å². The maximum atomic E-state index is 6.14. The molecule has 1 aromatic carbocycles. The summed E-state index contributed by atoms with van der Waals surface area (Å²) < 4.78 is 0. The molecular formula is C17H21ClN4. The average Bonchev–Trinajstić information content (AvgIpc) is 3.07. The van der Waals surface area contributed by atoms with Crippen molar-refractivity contribution in [2.45, 2.75) is 32.1 Å². The first kappa shape index (κ1) is 15.1. The highest BCUT2D eigenvalue weighted by atomic mass is 35.5. The Balaban J connectivity index is 2.06. The third-order valence-corrected chi connectivity index (χ3v) is 4.26. The standard InChI is InChI=1S/C17H21ClN4/c1-17(2,3)16-7-15(21-22-16)12(8-19)13-9-20-14-5-4-10(18)6-11(13)14/h4-7,9,12,20H,8,19H2,1-3H3,(H,21,22). The zero-order valence-corrected chi connectivity index (χ0v) is 13.8. The van der Waals surface area contributed by atoms with Crippen molar-refractivity contribution in [3.8, 4) is 0 Å². The SMILES string of the molecule is CC(C)(C)c1cc(C(CN)c2c[nH]c3ccc(Cl)cc23)[nH]n1. The number of benzene rings is 1. The smallest absolute Gasteiger partial charge is 0.0678 e. The molecule has 0 aliphatic rings. The van der Waals surface area contributed by atoms with Crippen LogP contribution in [0.15, 0.2) is 30.5 Å². The highest BCUT2D eigenvalue weighted by molar-refractivity contribution is 6.31. The predicted octanol–water partition coefficient (Wildman–Crippen LogP) is 3.93. The van der Waals surface area contributed by atoms with E-state index in [-0.39, 0.29) is 11.3 Å². The van der Waals surface area contributed by atoms with Crippen molar-refractivity contribution in [1.82, 2.24) is 15.2 Å². The lowest BCUT2D eigenvalue weighted by atomic mass is 9.90. The topological polar surface area (TPSA) is 70.5 Å². The van der Waals surface area contributed by atoms with Gasteiger partial charge in [0.15, 0.2) is 0 Å². The molecule has 0 spiro atoms. The normalized spacial score (nSPS) is 13.7. The fraction of sp³-hybridized carbons (Fsp3) is 0.353. The second-order valence-electron chi connectivity index (χ2n) is 6.68. The van der Waals surface area contributed by atoms with Crippen molar-refractivity contribution in [1.29, 1.82) is 0 Å². The van der Waals surface area contributed by atoms with E-state index in [0.717, 1.165) is 32.9 Å². The van der Waals surface area contributed by atoms with E-state index < -0.39 is 0 Å². The highest BCUT2D eigenvalue weighted by Crippen LogP contribution is 2.32. The molecule has 0 fully saturated rings. The Bertz CT molecular complexity index is 794. The zero-order chi connectivity index (χ0) is 15.9. The lowest BCUT2D eigenvalue weighted by molar-refractivity contribution is 0.567. The average molecular weight is 317 g/mol. The Kier molecular flexibility index (Phi) is 3.75. The molecular weight excluding hydrogens is 296 g/mol. The van der Waals surface area contributed by atoms with Crippen LogP contribution in [0.5, 0.6) is 0 Å². The van der Waals surface area contributed by atoms with Crippen LogP contribution < -0.4 is 5.73 Å². The molecule has 4 N–H and O–H groups in total. The van der Waals surface area contributed by atoms with Gasteiger partial charge in [-0.15, -0.1) is 0 Å². The Labute approximate surface area is 135 Å². The monoisotopic (exact) mass is 316 g/mol. The molecule has 4 nitrogen and oxygen atoms in total. The summed E-state index contributed by atoms with van der Waals surface area (Å²) in [5.41, 5.74) is 10.3. The van der Waals surface area contributed by atoms with Gasteiger partial charge in [0.1, 0.15) is 0 Å². The van der Waals surface area contributed by atoms with Crippen molar-refractivity contribution >= 4 is 22.5 Å². The van der Waals surface area contributed by atoms with Crippen molar-refractivity contribution in [3.63, 3.8) is 0 Å². The summed E-state index contributed by atoms with van der Waals surface area (Å²) in [6, 6.07) is 7.96. The minimum atomic E-state index is 0.0113. The molecule has 3 aromatic rings. The molecule has 0 saturated carbocycles. The minimum Gasteiger partial charge on any atom is -0.361 e. The molecule has 5 heteroatoms. The van der Waals surface area contributed by atoms with E-state index in [0.29, 0.717) is 6.54 Å². The first-order valence-electron chi connectivity index (χ1n) is 7.42. The Morgan fingerprint density at radius 2 is 2.05 bits per heavy atom. The second-order valence-corrected chi connectivity index (χ2v) is 7.12. The zero-order valence-electron chi connectivity index (χ0n) is 13.1. The molecule has 0 radical (unpaired) electrons. The molecule has 0 saturated heterocycles. The first-order chi connectivity index (χ1) is 10.4. The van der Waals surface area contributed by atoms with Gasteiger partial charge in [-0.3, -0.25) is 5.10 Å². The van der Waals surface area contributed by atoms with Gasteiger partial charge >= 0.3 is 0 Å². The molecule has 2 aromatic heterocycles. The highest BCUT2D eigenvalue weighted by Gasteiger charge is 2.23. The van der Waals surface area contributed by atoms with E-state index in [1.165, 1.54) is 0 Å². The number of nitrogens with two attached hydrogens (primary N) is 1. The van der Waals surface area contributed by atoms with Crippen LogP contribution in [0.25, 0.3) is 10.9 Å².